The lowest BCUT2D eigenvalue weighted by atomic mass is 10.1. The second kappa shape index (κ2) is 7.36. The van der Waals surface area contributed by atoms with Crippen molar-refractivity contribution >= 4 is 5.91 Å². The summed E-state index contributed by atoms with van der Waals surface area (Å²) in [4.78, 5) is 10.9. The van der Waals surface area contributed by atoms with E-state index in [1.165, 1.54) is 18.4 Å². The van der Waals surface area contributed by atoms with Gasteiger partial charge < -0.3 is 5.73 Å². The van der Waals surface area contributed by atoms with Gasteiger partial charge in [0.25, 0.3) is 0 Å². The first-order valence-corrected chi connectivity index (χ1v) is 5.27. The third kappa shape index (κ3) is 5.57. The van der Waals surface area contributed by atoms with Gasteiger partial charge in [0.05, 0.1) is 0 Å². The summed E-state index contributed by atoms with van der Waals surface area (Å²) in [5.74, 6) is -0.313. The van der Waals surface area contributed by atoms with Crippen LogP contribution in [-0.2, 0) is 4.79 Å². The quantitative estimate of drug-likeness (QED) is 0.514. The molecule has 14 heavy (non-hydrogen) atoms. The van der Waals surface area contributed by atoms with Gasteiger partial charge in [-0.2, -0.15) is 0 Å². The van der Waals surface area contributed by atoms with Crippen molar-refractivity contribution in [2.75, 3.05) is 0 Å². The van der Waals surface area contributed by atoms with E-state index >= 15 is 0 Å². The van der Waals surface area contributed by atoms with Crippen LogP contribution in [-0.4, -0.2) is 5.91 Å². The van der Waals surface area contributed by atoms with E-state index in [1.807, 2.05) is 19.1 Å². The van der Waals surface area contributed by atoms with Crippen LogP contribution in [0.4, 0.5) is 0 Å². The van der Waals surface area contributed by atoms with Gasteiger partial charge >= 0.3 is 0 Å². The Morgan fingerprint density at radius 3 is 2.36 bits per heavy atom. The molecular formula is C12H21NO. The summed E-state index contributed by atoms with van der Waals surface area (Å²) in [6.07, 6.45) is 8.04. The number of allylic oxidation sites excluding steroid dienone is 3. The highest BCUT2D eigenvalue weighted by atomic mass is 16.1. The minimum absolute atomic E-state index is 0.313. The van der Waals surface area contributed by atoms with Crippen LogP contribution in [0.1, 0.15) is 46.5 Å². The predicted octanol–water partition coefficient (Wildman–Crippen LogP) is 2.94. The van der Waals surface area contributed by atoms with Crippen LogP contribution in [0.15, 0.2) is 23.3 Å². The Balaban J connectivity index is 4.26. The number of primary amides is 1. The molecule has 0 aromatic rings. The molecule has 0 aliphatic heterocycles. The Labute approximate surface area is 86.9 Å². The van der Waals surface area contributed by atoms with Crippen LogP contribution in [0.25, 0.3) is 0 Å². The molecule has 0 saturated heterocycles. The van der Waals surface area contributed by atoms with Crippen molar-refractivity contribution in [1.82, 2.24) is 0 Å². The zero-order valence-corrected chi connectivity index (χ0v) is 9.47. The number of unbranched alkanes of at least 4 members (excludes halogenated alkanes) is 1. The second-order valence-corrected chi connectivity index (χ2v) is 3.53. The Kier molecular flexibility index (Phi) is 6.81. The number of rotatable bonds is 6. The molecule has 2 nitrogen and oxygen atoms in total. The fourth-order valence-electron chi connectivity index (χ4n) is 1.16. The highest BCUT2D eigenvalue weighted by molar-refractivity contribution is 5.92. The summed E-state index contributed by atoms with van der Waals surface area (Å²) in [5, 5.41) is 0. The second-order valence-electron chi connectivity index (χ2n) is 3.53. The molecule has 0 atom stereocenters. The van der Waals surface area contributed by atoms with E-state index in [4.69, 9.17) is 5.73 Å². The number of hydrogen-bond donors (Lipinski definition) is 1. The van der Waals surface area contributed by atoms with Crippen LogP contribution in [0.3, 0.4) is 0 Å². The topological polar surface area (TPSA) is 43.1 Å². The van der Waals surface area contributed by atoms with Gasteiger partial charge in [0, 0.05) is 5.57 Å². The lowest BCUT2D eigenvalue weighted by Crippen LogP contribution is -2.12. The molecule has 2 heteroatoms. The maximum absolute atomic E-state index is 10.9. The number of nitrogens with two attached hydrogens (primary N) is 1. The average molecular weight is 195 g/mol. The molecule has 0 spiro atoms. The van der Waals surface area contributed by atoms with E-state index in [0.29, 0.717) is 12.0 Å². The number of carbonyl (C=O) groups excluding carboxylic acids is 1. The maximum Gasteiger partial charge on any atom is 0.244 e. The Morgan fingerprint density at radius 2 is 1.93 bits per heavy atom. The monoisotopic (exact) mass is 195 g/mol. The van der Waals surface area contributed by atoms with Crippen molar-refractivity contribution in [3.63, 3.8) is 0 Å². The van der Waals surface area contributed by atoms with E-state index in [-0.39, 0.29) is 5.91 Å². The van der Waals surface area contributed by atoms with E-state index in [2.05, 4.69) is 13.8 Å². The van der Waals surface area contributed by atoms with Gasteiger partial charge in [-0.05, 0) is 26.2 Å². The molecule has 0 aliphatic rings. The Morgan fingerprint density at radius 1 is 1.29 bits per heavy atom. The molecule has 0 heterocycles. The fourth-order valence-corrected chi connectivity index (χ4v) is 1.16. The Bertz CT molecular complexity index is 239. The third-order valence-electron chi connectivity index (χ3n) is 2.19. The van der Waals surface area contributed by atoms with Gasteiger partial charge in [-0.25, -0.2) is 0 Å². The molecule has 0 aliphatic carbocycles. The maximum atomic E-state index is 10.9. The summed E-state index contributed by atoms with van der Waals surface area (Å²) in [7, 11) is 0. The lowest BCUT2D eigenvalue weighted by molar-refractivity contribution is -0.114. The van der Waals surface area contributed by atoms with Gasteiger partial charge in [-0.1, -0.05) is 38.0 Å². The number of hydrogen-bond acceptors (Lipinski definition) is 1. The molecule has 0 saturated carbocycles. The molecule has 0 unspecified atom stereocenters. The molecule has 80 valence electrons. The first-order valence-electron chi connectivity index (χ1n) is 5.27. The minimum atomic E-state index is -0.313. The van der Waals surface area contributed by atoms with E-state index < -0.39 is 0 Å². The zero-order chi connectivity index (χ0) is 11.0. The van der Waals surface area contributed by atoms with Crippen molar-refractivity contribution in [3.05, 3.63) is 23.3 Å². The summed E-state index contributed by atoms with van der Waals surface area (Å²) >= 11 is 0. The van der Waals surface area contributed by atoms with Crippen molar-refractivity contribution in [1.29, 1.82) is 0 Å². The molecule has 2 N–H and O–H groups in total. The number of amides is 1. The smallest absolute Gasteiger partial charge is 0.244 e. The standard InChI is InChI=1S/C12H21NO/c1-4-6-7-10(3)8-9-11(5-2)12(13)14/h8-9H,4-7H2,1-3H3,(H2,13,14)/b10-8+,11-9+. The molecule has 0 bridgehead atoms. The van der Waals surface area contributed by atoms with Gasteiger partial charge in [-0.3, -0.25) is 4.79 Å². The average Bonchev–Trinajstić information content (AvgIpc) is 2.15. The molecule has 0 rings (SSSR count). The summed E-state index contributed by atoms with van der Waals surface area (Å²) in [6, 6.07) is 0. The van der Waals surface area contributed by atoms with Crippen LogP contribution in [0.5, 0.6) is 0 Å². The predicted molar refractivity (Wildman–Crippen MR) is 60.9 cm³/mol. The first kappa shape index (κ1) is 12.9. The zero-order valence-electron chi connectivity index (χ0n) is 9.47. The molecule has 0 fully saturated rings. The minimum Gasteiger partial charge on any atom is -0.366 e. The normalized spacial score (nSPS) is 13.1. The first-order chi connectivity index (χ1) is 6.61. The van der Waals surface area contributed by atoms with E-state index in [9.17, 15) is 4.79 Å². The molecule has 0 aromatic carbocycles. The van der Waals surface area contributed by atoms with E-state index in [0.717, 1.165) is 6.42 Å². The van der Waals surface area contributed by atoms with Crippen LogP contribution in [0.2, 0.25) is 0 Å². The van der Waals surface area contributed by atoms with Gasteiger partial charge in [0.15, 0.2) is 0 Å². The number of carbonyl (C=O) groups is 1. The highest BCUT2D eigenvalue weighted by Gasteiger charge is 1.98. The largest absolute Gasteiger partial charge is 0.366 e. The Hall–Kier alpha value is -1.05. The lowest BCUT2D eigenvalue weighted by Gasteiger charge is -1.99. The van der Waals surface area contributed by atoms with E-state index in [1.54, 1.807) is 0 Å². The van der Waals surface area contributed by atoms with Crippen molar-refractivity contribution in [3.8, 4) is 0 Å². The molecule has 1 amide bonds. The van der Waals surface area contributed by atoms with Crippen LogP contribution in [0, 0.1) is 0 Å². The van der Waals surface area contributed by atoms with Crippen molar-refractivity contribution in [2.24, 2.45) is 5.73 Å². The van der Waals surface area contributed by atoms with Crippen LogP contribution >= 0.6 is 0 Å². The third-order valence-corrected chi connectivity index (χ3v) is 2.19. The fraction of sp³-hybridized carbons (Fsp3) is 0.583. The summed E-state index contributed by atoms with van der Waals surface area (Å²) in [6.45, 7) is 6.19. The van der Waals surface area contributed by atoms with Gasteiger partial charge in [0.2, 0.25) is 5.91 Å². The SMILES string of the molecule is CCCC/C(C)=C/C=C(\CC)C(N)=O. The van der Waals surface area contributed by atoms with Crippen molar-refractivity contribution in [2.45, 2.75) is 46.5 Å². The van der Waals surface area contributed by atoms with Gasteiger partial charge in [-0.15, -0.1) is 0 Å². The van der Waals surface area contributed by atoms with Crippen molar-refractivity contribution < 1.29 is 4.79 Å². The van der Waals surface area contributed by atoms with Gasteiger partial charge in [0.1, 0.15) is 0 Å². The molecule has 0 aromatic heterocycles. The summed E-state index contributed by atoms with van der Waals surface area (Å²) < 4.78 is 0. The molecular weight excluding hydrogens is 174 g/mol. The molecule has 0 radical (unpaired) electrons. The van der Waals surface area contributed by atoms with Crippen LogP contribution < -0.4 is 5.73 Å². The highest BCUT2D eigenvalue weighted by Crippen LogP contribution is 2.08. The summed E-state index contributed by atoms with van der Waals surface area (Å²) in [5.41, 5.74) is 7.20.